The van der Waals surface area contributed by atoms with Crippen molar-refractivity contribution in [1.29, 1.82) is 0 Å². The van der Waals surface area contributed by atoms with Crippen LogP contribution < -0.4 is 10.6 Å². The Balaban J connectivity index is 1.73. The van der Waals surface area contributed by atoms with Gasteiger partial charge < -0.3 is 15.5 Å². The van der Waals surface area contributed by atoms with Crippen molar-refractivity contribution in [3.05, 3.63) is 30.1 Å². The number of halogens is 1. The molecule has 1 atom stereocenters. The summed E-state index contributed by atoms with van der Waals surface area (Å²) in [6.45, 7) is 3.31. The number of urea groups is 1. The number of thioether (sulfide) groups is 1. The summed E-state index contributed by atoms with van der Waals surface area (Å²) in [6.07, 6.45) is 1.81. The fourth-order valence-corrected chi connectivity index (χ4v) is 3.18. The van der Waals surface area contributed by atoms with E-state index in [2.05, 4.69) is 17.6 Å². The first-order valence-corrected chi connectivity index (χ1v) is 8.92. The zero-order chi connectivity index (χ0) is 16.7. The number of hydrogen-bond acceptors (Lipinski definition) is 3. The first-order valence-electron chi connectivity index (χ1n) is 7.77. The Hall–Kier alpha value is -1.76. The second-order valence-electron chi connectivity index (χ2n) is 5.48. The standard InChI is InChI=1S/C16H22FN3O2S/c1-2-9-23-11-15(21)20-8-7-14(10-20)19-16(22)18-13-5-3-12(17)4-6-13/h3-6,14H,2,7-11H2,1H3,(H2,18,19,22)/t14-/m0/s1. The van der Waals surface area contributed by atoms with Crippen LogP contribution in [0.3, 0.4) is 0 Å². The van der Waals surface area contributed by atoms with Crippen LogP contribution in [-0.2, 0) is 4.79 Å². The molecule has 2 N–H and O–H groups in total. The molecule has 1 heterocycles. The van der Waals surface area contributed by atoms with Gasteiger partial charge in [-0.05, 0) is 42.9 Å². The average molecular weight is 339 g/mol. The van der Waals surface area contributed by atoms with Crippen molar-refractivity contribution in [2.75, 3.05) is 29.9 Å². The molecular formula is C16H22FN3O2S. The molecule has 23 heavy (non-hydrogen) atoms. The van der Waals surface area contributed by atoms with Crippen molar-refractivity contribution in [1.82, 2.24) is 10.2 Å². The van der Waals surface area contributed by atoms with Gasteiger partial charge in [-0.25, -0.2) is 9.18 Å². The highest BCUT2D eigenvalue weighted by Gasteiger charge is 2.26. The molecule has 7 heteroatoms. The van der Waals surface area contributed by atoms with E-state index in [4.69, 9.17) is 0 Å². The molecule has 2 rings (SSSR count). The molecule has 1 aliphatic heterocycles. The van der Waals surface area contributed by atoms with Crippen molar-refractivity contribution in [2.24, 2.45) is 0 Å². The molecule has 1 aromatic rings. The number of rotatable bonds is 6. The van der Waals surface area contributed by atoms with Crippen molar-refractivity contribution < 1.29 is 14.0 Å². The number of carbonyl (C=O) groups is 2. The molecule has 1 aliphatic rings. The lowest BCUT2D eigenvalue weighted by molar-refractivity contribution is -0.127. The topological polar surface area (TPSA) is 61.4 Å². The Morgan fingerprint density at radius 3 is 2.78 bits per heavy atom. The second kappa shape index (κ2) is 8.76. The van der Waals surface area contributed by atoms with E-state index in [0.29, 0.717) is 24.5 Å². The Morgan fingerprint density at radius 1 is 1.35 bits per heavy atom. The Morgan fingerprint density at radius 2 is 2.09 bits per heavy atom. The van der Waals surface area contributed by atoms with Crippen LogP contribution in [-0.4, -0.2) is 47.5 Å². The Kier molecular flexibility index (Phi) is 6.70. The number of likely N-dealkylation sites (tertiary alicyclic amines) is 1. The van der Waals surface area contributed by atoms with Gasteiger partial charge in [0.1, 0.15) is 5.82 Å². The second-order valence-corrected chi connectivity index (χ2v) is 6.59. The van der Waals surface area contributed by atoms with E-state index >= 15 is 0 Å². The summed E-state index contributed by atoms with van der Waals surface area (Å²) in [5, 5.41) is 5.51. The third-order valence-electron chi connectivity index (χ3n) is 3.55. The average Bonchev–Trinajstić information content (AvgIpc) is 2.98. The smallest absolute Gasteiger partial charge is 0.319 e. The quantitative estimate of drug-likeness (QED) is 0.784. The molecule has 0 unspecified atom stereocenters. The highest BCUT2D eigenvalue weighted by atomic mass is 32.2. The third-order valence-corrected chi connectivity index (χ3v) is 4.70. The van der Waals surface area contributed by atoms with E-state index in [-0.39, 0.29) is 23.8 Å². The molecule has 0 aliphatic carbocycles. The molecule has 0 aromatic heterocycles. The number of amides is 3. The Labute approximate surface area is 140 Å². The number of nitrogens with zero attached hydrogens (tertiary/aromatic N) is 1. The lowest BCUT2D eigenvalue weighted by atomic mass is 10.3. The van der Waals surface area contributed by atoms with Crippen LogP contribution in [0.25, 0.3) is 0 Å². The molecule has 1 saturated heterocycles. The van der Waals surface area contributed by atoms with Crippen LogP contribution in [0.15, 0.2) is 24.3 Å². The monoisotopic (exact) mass is 339 g/mol. The molecular weight excluding hydrogens is 317 g/mol. The minimum atomic E-state index is -0.346. The van der Waals surface area contributed by atoms with E-state index in [0.717, 1.165) is 18.6 Å². The summed E-state index contributed by atoms with van der Waals surface area (Å²) in [4.78, 5) is 25.7. The van der Waals surface area contributed by atoms with Crippen LogP contribution in [0.5, 0.6) is 0 Å². The van der Waals surface area contributed by atoms with Gasteiger partial charge in [-0.2, -0.15) is 11.8 Å². The summed E-state index contributed by atoms with van der Waals surface area (Å²) in [7, 11) is 0. The highest BCUT2D eigenvalue weighted by molar-refractivity contribution is 7.99. The zero-order valence-corrected chi connectivity index (χ0v) is 14.0. The van der Waals surface area contributed by atoms with E-state index in [1.165, 1.54) is 24.3 Å². The van der Waals surface area contributed by atoms with Gasteiger partial charge in [-0.15, -0.1) is 0 Å². The van der Waals surface area contributed by atoms with Crippen molar-refractivity contribution >= 4 is 29.4 Å². The van der Waals surface area contributed by atoms with Gasteiger partial charge >= 0.3 is 6.03 Å². The molecule has 0 radical (unpaired) electrons. The summed E-state index contributed by atoms with van der Waals surface area (Å²) < 4.78 is 12.8. The van der Waals surface area contributed by atoms with Crippen LogP contribution >= 0.6 is 11.8 Å². The fraction of sp³-hybridized carbons (Fsp3) is 0.500. The number of benzene rings is 1. The minimum absolute atomic E-state index is 0.0458. The van der Waals surface area contributed by atoms with E-state index in [1.54, 1.807) is 16.7 Å². The van der Waals surface area contributed by atoms with Gasteiger partial charge in [0.25, 0.3) is 0 Å². The minimum Gasteiger partial charge on any atom is -0.340 e. The van der Waals surface area contributed by atoms with E-state index in [1.807, 2.05) is 0 Å². The van der Waals surface area contributed by atoms with Crippen molar-refractivity contribution in [3.63, 3.8) is 0 Å². The number of anilines is 1. The first kappa shape index (κ1) is 17.6. The SMILES string of the molecule is CCCSCC(=O)N1CC[C@H](NC(=O)Nc2ccc(F)cc2)C1. The summed E-state index contributed by atoms with van der Waals surface area (Å²) >= 11 is 1.64. The van der Waals surface area contributed by atoms with Gasteiger partial charge in [0, 0.05) is 24.8 Å². The largest absolute Gasteiger partial charge is 0.340 e. The maximum Gasteiger partial charge on any atom is 0.319 e. The lowest BCUT2D eigenvalue weighted by Gasteiger charge is -2.17. The molecule has 126 valence electrons. The summed E-state index contributed by atoms with van der Waals surface area (Å²) in [5.41, 5.74) is 0.533. The molecule has 1 aromatic carbocycles. The molecule has 0 spiro atoms. The predicted molar refractivity (Wildman–Crippen MR) is 91.2 cm³/mol. The maximum atomic E-state index is 12.8. The van der Waals surface area contributed by atoms with Gasteiger partial charge in [-0.3, -0.25) is 4.79 Å². The molecule has 0 saturated carbocycles. The van der Waals surface area contributed by atoms with Crippen LogP contribution in [0.1, 0.15) is 19.8 Å². The van der Waals surface area contributed by atoms with E-state index in [9.17, 15) is 14.0 Å². The van der Waals surface area contributed by atoms with Crippen LogP contribution in [0.4, 0.5) is 14.9 Å². The van der Waals surface area contributed by atoms with Crippen molar-refractivity contribution in [3.8, 4) is 0 Å². The number of hydrogen-bond donors (Lipinski definition) is 2. The summed E-state index contributed by atoms with van der Waals surface area (Å²) in [5.74, 6) is 1.28. The van der Waals surface area contributed by atoms with Gasteiger partial charge in [0.15, 0.2) is 0 Å². The number of nitrogens with one attached hydrogen (secondary N) is 2. The molecule has 1 fully saturated rings. The van der Waals surface area contributed by atoms with Gasteiger partial charge in [-0.1, -0.05) is 6.92 Å². The number of carbonyl (C=O) groups excluding carboxylic acids is 2. The van der Waals surface area contributed by atoms with E-state index < -0.39 is 0 Å². The Bertz CT molecular complexity index is 539. The third kappa shape index (κ3) is 5.74. The maximum absolute atomic E-state index is 12.8. The first-order chi connectivity index (χ1) is 11.1. The highest BCUT2D eigenvalue weighted by Crippen LogP contribution is 2.13. The molecule has 3 amide bonds. The summed E-state index contributed by atoms with van der Waals surface area (Å²) in [6, 6.07) is 5.21. The van der Waals surface area contributed by atoms with Gasteiger partial charge in [0.05, 0.1) is 5.75 Å². The predicted octanol–water partition coefficient (Wildman–Crippen LogP) is 2.69. The zero-order valence-electron chi connectivity index (χ0n) is 13.2. The van der Waals surface area contributed by atoms with Crippen LogP contribution in [0, 0.1) is 5.82 Å². The van der Waals surface area contributed by atoms with Crippen LogP contribution in [0.2, 0.25) is 0 Å². The fourth-order valence-electron chi connectivity index (χ4n) is 2.39. The van der Waals surface area contributed by atoms with Crippen molar-refractivity contribution in [2.45, 2.75) is 25.8 Å². The molecule has 0 bridgehead atoms. The molecule has 5 nitrogen and oxygen atoms in total. The van der Waals surface area contributed by atoms with Gasteiger partial charge in [0.2, 0.25) is 5.91 Å². The normalized spacial score (nSPS) is 17.1. The lowest BCUT2D eigenvalue weighted by Crippen LogP contribution is -2.41.